The molecule has 3 heterocycles. The number of rotatable bonds is 6. The van der Waals surface area contributed by atoms with E-state index in [4.69, 9.17) is 19.7 Å². The standard InChI is InChI=1S/C23H23F5N4O3.C2HF3O2/c1-12-6-20(35-11-14-16(24)4-3-5-17(14)25)21-30-13(2)19(32(21)8-12)7-29-18-10-31(22(33)34)9-15(18)23(26,27)28;3-2(4,5)1(6)7/h3-6,8,15,18,29H,7,9-11H2,1-2H3,(H,33,34);(H,6,7). The summed E-state index contributed by atoms with van der Waals surface area (Å²) in [6.07, 6.45) is -9.32. The largest absolute Gasteiger partial charge is 0.490 e. The molecule has 230 valence electrons. The highest BCUT2D eigenvalue weighted by molar-refractivity contribution is 5.73. The van der Waals surface area contributed by atoms with E-state index in [1.807, 2.05) is 0 Å². The third-order valence-corrected chi connectivity index (χ3v) is 6.34. The van der Waals surface area contributed by atoms with Gasteiger partial charge in [0.15, 0.2) is 11.4 Å². The third kappa shape index (κ3) is 7.57. The first-order chi connectivity index (χ1) is 19.4. The molecule has 1 aromatic carbocycles. The number of nitrogens with one attached hydrogen (secondary N) is 1. The molecule has 1 amide bonds. The summed E-state index contributed by atoms with van der Waals surface area (Å²) in [4.78, 5) is 25.3. The van der Waals surface area contributed by atoms with Crippen LogP contribution in [0, 0.1) is 31.4 Å². The maximum absolute atomic E-state index is 14.0. The van der Waals surface area contributed by atoms with E-state index >= 15 is 0 Å². The predicted octanol–water partition coefficient (Wildman–Crippen LogP) is 5.07. The fourth-order valence-corrected chi connectivity index (χ4v) is 4.27. The molecule has 0 bridgehead atoms. The molecule has 1 aliphatic heterocycles. The topological polar surface area (TPSA) is 116 Å². The molecule has 0 aliphatic carbocycles. The van der Waals surface area contributed by atoms with E-state index in [1.165, 1.54) is 6.07 Å². The SMILES string of the molecule is Cc1cc(OCc2c(F)cccc2F)c2nc(C)c(CNC3CN(C(=O)O)CC3C(F)(F)F)n2c1.O=C(O)C(F)(F)F. The van der Waals surface area contributed by atoms with E-state index in [2.05, 4.69) is 10.3 Å². The van der Waals surface area contributed by atoms with Gasteiger partial charge in [0.25, 0.3) is 0 Å². The maximum Gasteiger partial charge on any atom is 0.490 e. The predicted molar refractivity (Wildman–Crippen MR) is 129 cm³/mol. The van der Waals surface area contributed by atoms with Crippen LogP contribution in [0.2, 0.25) is 0 Å². The molecular weight excluding hydrogens is 588 g/mol. The molecule has 42 heavy (non-hydrogen) atoms. The molecule has 3 aromatic rings. The van der Waals surface area contributed by atoms with Gasteiger partial charge in [-0.2, -0.15) is 26.3 Å². The molecule has 2 aromatic heterocycles. The second kappa shape index (κ2) is 12.4. The van der Waals surface area contributed by atoms with Crippen LogP contribution in [0.3, 0.4) is 0 Å². The van der Waals surface area contributed by atoms with Gasteiger partial charge >= 0.3 is 24.4 Å². The Balaban J connectivity index is 0.000000616. The average Bonchev–Trinajstić information content (AvgIpc) is 3.43. The molecule has 1 fully saturated rings. The van der Waals surface area contributed by atoms with Crippen LogP contribution in [0.4, 0.5) is 39.9 Å². The van der Waals surface area contributed by atoms with E-state index < -0.39 is 54.6 Å². The number of carboxylic acid groups (broad SMARTS) is 2. The molecular formula is C25H24F8N4O5. The number of halogens is 8. The lowest BCUT2D eigenvalue weighted by atomic mass is 10.0. The first-order valence-electron chi connectivity index (χ1n) is 12.0. The number of imidazole rings is 1. The Bertz CT molecular complexity index is 1440. The molecule has 0 radical (unpaired) electrons. The number of aliphatic carboxylic acids is 1. The van der Waals surface area contributed by atoms with Crippen molar-refractivity contribution in [2.45, 2.75) is 45.4 Å². The van der Waals surface area contributed by atoms with Crippen molar-refractivity contribution in [3.05, 3.63) is 64.6 Å². The van der Waals surface area contributed by atoms with E-state index in [1.54, 1.807) is 30.5 Å². The number of hydrogen-bond acceptors (Lipinski definition) is 5. The van der Waals surface area contributed by atoms with Crippen LogP contribution in [0.5, 0.6) is 5.75 Å². The van der Waals surface area contributed by atoms with Crippen LogP contribution in [0.1, 0.15) is 22.5 Å². The molecule has 9 nitrogen and oxygen atoms in total. The van der Waals surface area contributed by atoms with Crippen LogP contribution >= 0.6 is 0 Å². The number of alkyl halides is 6. The van der Waals surface area contributed by atoms with E-state index in [0.29, 0.717) is 17.0 Å². The molecule has 1 aliphatic rings. The highest BCUT2D eigenvalue weighted by atomic mass is 19.4. The van der Waals surface area contributed by atoms with Crippen molar-refractivity contribution in [3.8, 4) is 5.75 Å². The summed E-state index contributed by atoms with van der Waals surface area (Å²) in [5.74, 6) is -5.83. The van der Waals surface area contributed by atoms with Gasteiger partial charge in [-0.25, -0.2) is 23.4 Å². The van der Waals surface area contributed by atoms with Gasteiger partial charge in [0.05, 0.1) is 22.9 Å². The lowest BCUT2D eigenvalue weighted by molar-refractivity contribution is -0.192. The van der Waals surface area contributed by atoms with Crippen LogP contribution in [-0.4, -0.2) is 68.0 Å². The van der Waals surface area contributed by atoms with Crippen LogP contribution < -0.4 is 10.1 Å². The van der Waals surface area contributed by atoms with Crippen LogP contribution in [0.25, 0.3) is 5.65 Å². The monoisotopic (exact) mass is 612 g/mol. The summed E-state index contributed by atoms with van der Waals surface area (Å²) < 4.78 is 108. The van der Waals surface area contributed by atoms with Gasteiger partial charge in [0, 0.05) is 31.9 Å². The quantitative estimate of drug-likeness (QED) is 0.333. The summed E-state index contributed by atoms with van der Waals surface area (Å²) in [6, 6.07) is 4.03. The minimum atomic E-state index is -5.08. The Morgan fingerprint density at radius 2 is 1.67 bits per heavy atom. The number of hydrogen-bond donors (Lipinski definition) is 3. The number of pyridine rings is 1. The number of aryl methyl sites for hydroxylation is 2. The molecule has 4 rings (SSSR count). The summed E-state index contributed by atoms with van der Waals surface area (Å²) >= 11 is 0. The van der Waals surface area contributed by atoms with Crippen LogP contribution in [0.15, 0.2) is 30.5 Å². The van der Waals surface area contributed by atoms with Crippen molar-refractivity contribution >= 4 is 17.7 Å². The lowest BCUT2D eigenvalue weighted by Crippen LogP contribution is -2.42. The Morgan fingerprint density at radius 3 is 2.19 bits per heavy atom. The number of likely N-dealkylation sites (tertiary alicyclic amines) is 1. The smallest absolute Gasteiger partial charge is 0.485 e. The number of ether oxygens (including phenoxy) is 1. The van der Waals surface area contributed by atoms with Crippen LogP contribution in [-0.2, 0) is 17.9 Å². The van der Waals surface area contributed by atoms with Gasteiger partial charge in [0.1, 0.15) is 18.2 Å². The first-order valence-corrected chi connectivity index (χ1v) is 12.0. The molecule has 2 unspecified atom stereocenters. The zero-order chi connectivity index (χ0) is 31.6. The summed E-state index contributed by atoms with van der Waals surface area (Å²) in [6.45, 7) is 2.13. The highest BCUT2D eigenvalue weighted by Crippen LogP contribution is 2.34. The summed E-state index contributed by atoms with van der Waals surface area (Å²) in [7, 11) is 0. The number of aromatic nitrogens is 2. The molecule has 3 N–H and O–H groups in total. The number of carbonyl (C=O) groups is 2. The number of benzene rings is 1. The number of fused-ring (bicyclic) bond motifs is 1. The zero-order valence-electron chi connectivity index (χ0n) is 21.9. The van der Waals surface area contributed by atoms with Gasteiger partial charge in [0.2, 0.25) is 0 Å². The molecule has 0 spiro atoms. The normalized spacial score (nSPS) is 17.2. The van der Waals surface area contributed by atoms with E-state index in [9.17, 15) is 39.9 Å². The minimum Gasteiger partial charge on any atom is -0.485 e. The van der Waals surface area contributed by atoms with Gasteiger partial charge < -0.3 is 25.2 Å². The molecule has 17 heteroatoms. The second-order valence-corrected chi connectivity index (χ2v) is 9.33. The summed E-state index contributed by atoms with van der Waals surface area (Å²) in [5, 5.41) is 19.1. The lowest BCUT2D eigenvalue weighted by Gasteiger charge is -2.22. The van der Waals surface area contributed by atoms with Gasteiger partial charge in [-0.3, -0.25) is 4.40 Å². The minimum absolute atomic E-state index is 0.0114. The Hall–Kier alpha value is -4.15. The average molecular weight is 612 g/mol. The second-order valence-electron chi connectivity index (χ2n) is 9.33. The molecule has 0 saturated carbocycles. The van der Waals surface area contributed by atoms with Gasteiger partial charge in [-0.15, -0.1) is 0 Å². The molecule has 1 saturated heterocycles. The fourth-order valence-electron chi connectivity index (χ4n) is 4.27. The van der Waals surface area contributed by atoms with Crippen molar-refractivity contribution in [2.75, 3.05) is 13.1 Å². The fraction of sp³-hybridized carbons (Fsp3) is 0.400. The first kappa shape index (κ1) is 32.4. The van der Waals surface area contributed by atoms with Gasteiger partial charge in [-0.05, 0) is 37.6 Å². The molecule has 2 atom stereocenters. The van der Waals surface area contributed by atoms with Crippen molar-refractivity contribution in [1.82, 2.24) is 19.6 Å². The number of carboxylic acids is 1. The number of nitrogens with zero attached hydrogens (tertiary/aromatic N) is 3. The Kier molecular flexibility index (Phi) is 9.54. The zero-order valence-corrected chi connectivity index (χ0v) is 21.9. The van der Waals surface area contributed by atoms with Crippen molar-refractivity contribution < 1.29 is 59.7 Å². The van der Waals surface area contributed by atoms with Crippen molar-refractivity contribution in [2.24, 2.45) is 5.92 Å². The van der Waals surface area contributed by atoms with E-state index in [0.717, 1.165) is 22.6 Å². The Morgan fingerprint density at radius 1 is 1.07 bits per heavy atom. The van der Waals surface area contributed by atoms with E-state index in [-0.39, 0.29) is 31.0 Å². The highest BCUT2D eigenvalue weighted by Gasteiger charge is 2.50. The summed E-state index contributed by atoms with van der Waals surface area (Å²) in [5.41, 5.74) is 1.90. The van der Waals surface area contributed by atoms with Crippen molar-refractivity contribution in [3.63, 3.8) is 0 Å². The Labute approximate surface area is 232 Å². The number of amides is 1. The van der Waals surface area contributed by atoms with Gasteiger partial charge in [-0.1, -0.05) is 6.07 Å². The maximum atomic E-state index is 14.0. The van der Waals surface area contributed by atoms with Crippen molar-refractivity contribution in [1.29, 1.82) is 0 Å². The third-order valence-electron chi connectivity index (χ3n) is 6.34.